The van der Waals surface area contributed by atoms with Crippen LogP contribution in [0.1, 0.15) is 41.7 Å². The van der Waals surface area contributed by atoms with Gasteiger partial charge in [0.15, 0.2) is 15.6 Å². The van der Waals surface area contributed by atoms with Gasteiger partial charge in [0.05, 0.1) is 25.1 Å². The number of carbonyl (C=O) groups is 1. The Morgan fingerprint density at radius 2 is 1.81 bits per heavy atom. The van der Waals surface area contributed by atoms with Crippen LogP contribution in [-0.4, -0.2) is 51.0 Å². The predicted molar refractivity (Wildman–Crippen MR) is 145 cm³/mol. The Kier molecular flexibility index (Phi) is 6.37. The van der Waals surface area contributed by atoms with E-state index >= 15 is 0 Å². The molecule has 0 aromatic carbocycles. The molecule has 2 fully saturated rings. The summed E-state index contributed by atoms with van der Waals surface area (Å²) in [6.07, 6.45) is 10.1. The average molecular weight is 536 g/mol. The van der Waals surface area contributed by atoms with Gasteiger partial charge in [-0.1, -0.05) is 22.9 Å². The predicted octanol–water partition coefficient (Wildman–Crippen LogP) is 5.39. The molecule has 1 N–H and O–H groups in total. The van der Waals surface area contributed by atoms with E-state index in [1.807, 2.05) is 13.0 Å². The molecule has 1 aliphatic heterocycles. The molecular formula is C26H26ClN7O2S. The summed E-state index contributed by atoms with van der Waals surface area (Å²) in [6, 6.07) is 3.50. The number of thiazole rings is 1. The van der Waals surface area contributed by atoms with E-state index in [4.69, 9.17) is 21.3 Å². The summed E-state index contributed by atoms with van der Waals surface area (Å²) in [5.74, 6) is 2.84. The fourth-order valence-corrected chi connectivity index (χ4v) is 5.95. The van der Waals surface area contributed by atoms with Crippen LogP contribution >= 0.6 is 22.9 Å². The third-order valence-electron chi connectivity index (χ3n) is 7.11. The molecule has 2 aliphatic rings. The van der Waals surface area contributed by atoms with Crippen molar-refractivity contribution in [1.82, 2.24) is 24.9 Å². The maximum Gasteiger partial charge on any atom is 0.259 e. The highest BCUT2D eigenvalue weighted by Crippen LogP contribution is 2.42. The number of halogens is 1. The van der Waals surface area contributed by atoms with Gasteiger partial charge >= 0.3 is 0 Å². The molecule has 0 bridgehead atoms. The van der Waals surface area contributed by atoms with E-state index in [0.29, 0.717) is 43.2 Å². The lowest BCUT2D eigenvalue weighted by Crippen LogP contribution is -2.34. The van der Waals surface area contributed by atoms with Gasteiger partial charge in [-0.2, -0.15) is 4.98 Å². The van der Waals surface area contributed by atoms with Crippen molar-refractivity contribution in [2.75, 3.05) is 30.4 Å². The number of aryl methyl sites for hydroxylation is 1. The molecule has 0 unspecified atom stereocenters. The number of nitrogens with zero attached hydrogens (tertiary/aromatic N) is 6. The van der Waals surface area contributed by atoms with E-state index in [1.54, 1.807) is 25.6 Å². The number of nitrogens with one attached hydrogen (secondary N) is 1. The van der Waals surface area contributed by atoms with Gasteiger partial charge < -0.3 is 9.64 Å². The lowest BCUT2D eigenvalue weighted by molar-refractivity contribution is 0.102. The van der Waals surface area contributed by atoms with Gasteiger partial charge in [-0.15, -0.1) is 0 Å². The highest BCUT2D eigenvalue weighted by Gasteiger charge is 2.33. The second kappa shape index (κ2) is 9.83. The fourth-order valence-electron chi connectivity index (χ4n) is 5.00. The van der Waals surface area contributed by atoms with Gasteiger partial charge in [0.2, 0.25) is 0 Å². The minimum atomic E-state index is -0.348. The zero-order chi connectivity index (χ0) is 25.5. The molecule has 37 heavy (non-hydrogen) atoms. The number of hydrogen-bond acceptors (Lipinski definition) is 9. The van der Waals surface area contributed by atoms with Crippen LogP contribution in [0.5, 0.6) is 5.75 Å². The molecule has 1 saturated heterocycles. The Bertz CT molecular complexity index is 1480. The van der Waals surface area contributed by atoms with Crippen LogP contribution in [0, 0.1) is 18.8 Å². The molecule has 9 nitrogen and oxygen atoms in total. The molecule has 5 heterocycles. The summed E-state index contributed by atoms with van der Waals surface area (Å²) in [4.78, 5) is 38.6. The minimum Gasteiger partial charge on any atom is -0.494 e. The Hall–Kier alpha value is -3.37. The topological polar surface area (TPSA) is 106 Å². The number of carbonyl (C=O) groups excluding carboxylic acids is 1. The number of methoxy groups -OCH3 is 1. The van der Waals surface area contributed by atoms with E-state index < -0.39 is 0 Å². The van der Waals surface area contributed by atoms with Gasteiger partial charge in [0.1, 0.15) is 16.7 Å². The van der Waals surface area contributed by atoms with Crippen LogP contribution < -0.4 is 15.0 Å². The molecule has 4 aromatic rings. The molecular weight excluding hydrogens is 510 g/mol. The molecule has 0 atom stereocenters. The second-order valence-corrected chi connectivity index (χ2v) is 10.9. The number of anilines is 2. The van der Waals surface area contributed by atoms with Crippen LogP contribution in [-0.2, 0) is 0 Å². The summed E-state index contributed by atoms with van der Waals surface area (Å²) < 4.78 is 5.47. The zero-order valence-electron chi connectivity index (χ0n) is 20.6. The quantitative estimate of drug-likeness (QED) is 0.327. The molecule has 0 radical (unpaired) electrons. The third kappa shape index (κ3) is 4.95. The van der Waals surface area contributed by atoms with Crippen molar-refractivity contribution in [2.24, 2.45) is 11.8 Å². The van der Waals surface area contributed by atoms with Crippen LogP contribution in [0.4, 0.5) is 10.9 Å². The summed E-state index contributed by atoms with van der Waals surface area (Å²) in [7, 11) is 1.55. The minimum absolute atomic E-state index is 0.299. The number of fused-ring (bicyclic) bond motifs is 1. The summed E-state index contributed by atoms with van der Waals surface area (Å²) in [5, 5.41) is 3.62. The Labute approximate surface area is 223 Å². The standard InChI is InChI=1S/C26H26ClN7O2S/c1-14-9-17(18-10-21(27)29-12-20(18)36-2)19(11-28-14)24(35)33-26-32-23-25(37-26)31-22(13-30-23)34-7-5-16(6-8-34)15-3-4-15/h9-13,15-16H,3-8H2,1-2H3,(H,30,32,33,35). The molecule has 1 aliphatic carbocycles. The van der Waals surface area contributed by atoms with Crippen LogP contribution in [0.2, 0.25) is 5.15 Å². The Morgan fingerprint density at radius 3 is 2.57 bits per heavy atom. The Morgan fingerprint density at radius 1 is 1.03 bits per heavy atom. The summed E-state index contributed by atoms with van der Waals surface area (Å²) in [5.41, 5.74) is 2.93. The smallest absolute Gasteiger partial charge is 0.259 e. The van der Waals surface area contributed by atoms with Gasteiger partial charge in [-0.25, -0.2) is 15.0 Å². The van der Waals surface area contributed by atoms with Crippen molar-refractivity contribution < 1.29 is 9.53 Å². The lowest BCUT2D eigenvalue weighted by atomic mass is 9.92. The Balaban J connectivity index is 1.24. The number of piperidine rings is 1. The maximum atomic E-state index is 13.4. The molecule has 190 valence electrons. The first kappa shape index (κ1) is 24.0. The molecule has 11 heteroatoms. The van der Waals surface area contributed by atoms with E-state index in [9.17, 15) is 4.79 Å². The van der Waals surface area contributed by atoms with E-state index in [-0.39, 0.29) is 5.91 Å². The van der Waals surface area contributed by atoms with Gasteiger partial charge in [0.25, 0.3) is 5.91 Å². The molecule has 0 spiro atoms. The van der Waals surface area contributed by atoms with E-state index in [1.165, 1.54) is 43.2 Å². The first-order valence-electron chi connectivity index (χ1n) is 12.3. The normalized spacial score (nSPS) is 16.2. The van der Waals surface area contributed by atoms with Crippen molar-refractivity contribution in [3.63, 3.8) is 0 Å². The van der Waals surface area contributed by atoms with Gasteiger partial charge in [-0.3, -0.25) is 15.1 Å². The van der Waals surface area contributed by atoms with Crippen molar-refractivity contribution in [3.8, 4) is 16.9 Å². The van der Waals surface area contributed by atoms with Gasteiger partial charge in [-0.05, 0) is 56.6 Å². The number of ether oxygens (including phenoxy) is 1. The van der Waals surface area contributed by atoms with E-state index in [0.717, 1.165) is 36.4 Å². The first-order chi connectivity index (χ1) is 18.0. The first-order valence-corrected chi connectivity index (χ1v) is 13.5. The summed E-state index contributed by atoms with van der Waals surface area (Å²) in [6.45, 7) is 3.88. The maximum absolute atomic E-state index is 13.4. The van der Waals surface area contributed by atoms with Crippen LogP contribution in [0.3, 0.4) is 0 Å². The number of rotatable bonds is 6. The second-order valence-electron chi connectivity index (χ2n) is 9.57. The van der Waals surface area contributed by atoms with Crippen LogP contribution in [0.25, 0.3) is 21.6 Å². The molecule has 1 saturated carbocycles. The van der Waals surface area contributed by atoms with Gasteiger partial charge in [0, 0.05) is 36.1 Å². The largest absolute Gasteiger partial charge is 0.494 e. The molecule has 4 aromatic heterocycles. The van der Waals surface area contributed by atoms with Crippen LogP contribution in [0.15, 0.2) is 30.7 Å². The van der Waals surface area contributed by atoms with Crippen molar-refractivity contribution >= 4 is 50.3 Å². The lowest BCUT2D eigenvalue weighted by Gasteiger charge is -2.32. The summed E-state index contributed by atoms with van der Waals surface area (Å²) >= 11 is 7.46. The monoisotopic (exact) mass is 535 g/mol. The zero-order valence-corrected chi connectivity index (χ0v) is 22.1. The van der Waals surface area contributed by atoms with Crippen molar-refractivity contribution in [1.29, 1.82) is 0 Å². The van der Waals surface area contributed by atoms with Crippen molar-refractivity contribution in [2.45, 2.75) is 32.6 Å². The molecule has 6 rings (SSSR count). The number of aromatic nitrogens is 5. The van der Waals surface area contributed by atoms with Crippen molar-refractivity contribution in [3.05, 3.63) is 47.1 Å². The average Bonchev–Trinajstić information content (AvgIpc) is 3.68. The molecule has 1 amide bonds. The third-order valence-corrected chi connectivity index (χ3v) is 8.17. The fraction of sp³-hybridized carbons (Fsp3) is 0.385. The number of pyridine rings is 2. The number of hydrogen-bond donors (Lipinski definition) is 1. The van der Waals surface area contributed by atoms with E-state index in [2.05, 4.69) is 30.2 Å². The SMILES string of the molecule is COc1cnc(Cl)cc1-c1cc(C)ncc1C(=O)Nc1nc2ncc(N3CCC(C4CC4)CC3)nc2s1. The highest BCUT2D eigenvalue weighted by molar-refractivity contribution is 7.21. The highest BCUT2D eigenvalue weighted by atomic mass is 35.5. The number of amides is 1.